The Labute approximate surface area is 181 Å². The summed E-state index contributed by atoms with van der Waals surface area (Å²) >= 11 is 0. The summed E-state index contributed by atoms with van der Waals surface area (Å²) in [6.07, 6.45) is 3.50. The van der Waals surface area contributed by atoms with Crippen molar-refractivity contribution >= 4 is 16.9 Å². The number of fused-ring (bicyclic) bond motifs is 1. The molecule has 3 aromatic rings. The second kappa shape index (κ2) is 9.29. The minimum atomic E-state index is -0.0885. The van der Waals surface area contributed by atoms with Gasteiger partial charge in [0, 0.05) is 24.7 Å². The fraction of sp³-hybridized carbons (Fsp3) is 0.417. The Kier molecular flexibility index (Phi) is 6.30. The van der Waals surface area contributed by atoms with Gasteiger partial charge in [0.05, 0.1) is 24.8 Å². The van der Waals surface area contributed by atoms with E-state index in [1.165, 1.54) is 0 Å². The quantitative estimate of drug-likeness (QED) is 0.583. The van der Waals surface area contributed by atoms with Crippen LogP contribution in [-0.2, 0) is 0 Å². The van der Waals surface area contributed by atoms with E-state index in [-0.39, 0.29) is 17.6 Å². The molecule has 7 nitrogen and oxygen atoms in total. The van der Waals surface area contributed by atoms with Gasteiger partial charge in [0.25, 0.3) is 5.91 Å². The van der Waals surface area contributed by atoms with Gasteiger partial charge in [-0.1, -0.05) is 25.5 Å². The predicted molar refractivity (Wildman–Crippen MR) is 120 cm³/mol. The topological polar surface area (TPSA) is 76.6 Å². The molecule has 2 heterocycles. The molecule has 0 saturated carbocycles. The van der Waals surface area contributed by atoms with Crippen molar-refractivity contribution in [2.45, 2.75) is 38.6 Å². The van der Waals surface area contributed by atoms with Crippen molar-refractivity contribution in [2.75, 3.05) is 26.8 Å². The molecule has 0 aliphatic carbocycles. The first kappa shape index (κ1) is 21.0. The smallest absolute Gasteiger partial charge is 0.326 e. The van der Waals surface area contributed by atoms with Gasteiger partial charge in [-0.2, -0.15) is 0 Å². The van der Waals surface area contributed by atoms with E-state index in [1.807, 2.05) is 33.7 Å². The van der Waals surface area contributed by atoms with E-state index in [0.717, 1.165) is 36.7 Å². The fourth-order valence-electron chi connectivity index (χ4n) is 4.19. The van der Waals surface area contributed by atoms with Crippen molar-refractivity contribution in [3.8, 4) is 11.5 Å². The third-order valence-corrected chi connectivity index (χ3v) is 5.91. The van der Waals surface area contributed by atoms with Crippen LogP contribution in [-0.4, -0.2) is 47.2 Å². The highest BCUT2D eigenvalue weighted by atomic mass is 16.5. The van der Waals surface area contributed by atoms with Gasteiger partial charge >= 0.3 is 5.69 Å². The number of methoxy groups -OCH3 is 1. The van der Waals surface area contributed by atoms with Crippen LogP contribution in [0.2, 0.25) is 0 Å². The number of carbonyl (C=O) groups excluding carboxylic acids is 1. The number of likely N-dealkylation sites (tertiary alicyclic amines) is 1. The lowest BCUT2D eigenvalue weighted by Gasteiger charge is -2.32. The van der Waals surface area contributed by atoms with Crippen molar-refractivity contribution in [1.82, 2.24) is 14.5 Å². The number of para-hydroxylation sites is 2. The number of nitrogens with zero attached hydrogens (tertiary/aromatic N) is 2. The van der Waals surface area contributed by atoms with Crippen LogP contribution in [0.25, 0.3) is 11.0 Å². The van der Waals surface area contributed by atoms with Crippen molar-refractivity contribution in [3.05, 3.63) is 58.5 Å². The van der Waals surface area contributed by atoms with E-state index in [0.29, 0.717) is 36.8 Å². The van der Waals surface area contributed by atoms with E-state index < -0.39 is 0 Å². The van der Waals surface area contributed by atoms with E-state index in [2.05, 4.69) is 11.9 Å². The second-order valence-electron chi connectivity index (χ2n) is 7.91. The zero-order chi connectivity index (χ0) is 21.8. The highest BCUT2D eigenvalue weighted by molar-refractivity contribution is 5.95. The number of unbranched alkanes of at least 4 members (excludes halogenated alkanes) is 1. The second-order valence-corrected chi connectivity index (χ2v) is 7.91. The van der Waals surface area contributed by atoms with E-state index >= 15 is 0 Å². The molecule has 1 aromatic heterocycles. The Bertz CT molecular complexity index is 1110. The van der Waals surface area contributed by atoms with E-state index in [1.54, 1.807) is 25.3 Å². The maximum atomic E-state index is 13.1. The standard InChI is InChI=1S/C24H29N3O4/c1-3-4-15-31-21-10-9-17(16-22(21)30-2)23(28)26-13-11-18(12-14-26)27-20-8-6-5-7-19(20)25-24(27)29/h5-10,16,18H,3-4,11-15H2,1-2H3,(H,25,29). The molecule has 0 radical (unpaired) electrons. The number of aromatic nitrogens is 2. The molecule has 1 aliphatic rings. The molecular formula is C24H29N3O4. The molecule has 7 heteroatoms. The number of hydrogen-bond donors (Lipinski definition) is 1. The Morgan fingerprint density at radius 2 is 1.90 bits per heavy atom. The van der Waals surface area contributed by atoms with Crippen LogP contribution in [0.4, 0.5) is 0 Å². The largest absolute Gasteiger partial charge is 0.493 e. The number of H-pyrrole nitrogens is 1. The lowest BCUT2D eigenvalue weighted by molar-refractivity contribution is 0.0694. The summed E-state index contributed by atoms with van der Waals surface area (Å²) in [5.74, 6) is 1.20. The van der Waals surface area contributed by atoms with Crippen molar-refractivity contribution < 1.29 is 14.3 Å². The van der Waals surface area contributed by atoms with Gasteiger partial charge in [-0.05, 0) is 49.6 Å². The number of ether oxygens (including phenoxy) is 2. The number of rotatable bonds is 7. The van der Waals surface area contributed by atoms with Crippen LogP contribution in [0.3, 0.4) is 0 Å². The fourth-order valence-corrected chi connectivity index (χ4v) is 4.19. The average Bonchev–Trinajstić information content (AvgIpc) is 3.14. The lowest BCUT2D eigenvalue weighted by Crippen LogP contribution is -2.40. The maximum Gasteiger partial charge on any atom is 0.326 e. The van der Waals surface area contributed by atoms with Crippen LogP contribution < -0.4 is 15.2 Å². The molecule has 1 fully saturated rings. The maximum absolute atomic E-state index is 13.1. The summed E-state index contributed by atoms with van der Waals surface area (Å²) in [6, 6.07) is 13.2. The number of imidazole rings is 1. The lowest BCUT2D eigenvalue weighted by atomic mass is 10.0. The minimum Gasteiger partial charge on any atom is -0.493 e. The molecule has 1 aliphatic heterocycles. The van der Waals surface area contributed by atoms with E-state index in [4.69, 9.17) is 9.47 Å². The van der Waals surface area contributed by atoms with Crippen LogP contribution in [0.1, 0.15) is 49.0 Å². The highest BCUT2D eigenvalue weighted by Crippen LogP contribution is 2.30. The number of nitrogens with one attached hydrogen (secondary N) is 1. The SMILES string of the molecule is CCCCOc1ccc(C(=O)N2CCC(n3c(=O)[nH]c4ccccc43)CC2)cc1OC. The molecule has 0 bridgehead atoms. The number of benzene rings is 2. The Hall–Kier alpha value is -3.22. The molecule has 31 heavy (non-hydrogen) atoms. The number of amides is 1. The number of piperidine rings is 1. The highest BCUT2D eigenvalue weighted by Gasteiger charge is 2.27. The monoisotopic (exact) mass is 423 g/mol. The average molecular weight is 424 g/mol. The first-order valence-electron chi connectivity index (χ1n) is 10.9. The van der Waals surface area contributed by atoms with Gasteiger partial charge < -0.3 is 19.4 Å². The van der Waals surface area contributed by atoms with Crippen molar-refractivity contribution in [2.24, 2.45) is 0 Å². The first-order valence-corrected chi connectivity index (χ1v) is 10.9. The summed E-state index contributed by atoms with van der Waals surface area (Å²) in [5, 5.41) is 0. The molecule has 0 spiro atoms. The number of hydrogen-bond acceptors (Lipinski definition) is 4. The van der Waals surface area contributed by atoms with Gasteiger partial charge in [-0.3, -0.25) is 9.36 Å². The van der Waals surface area contributed by atoms with E-state index in [9.17, 15) is 9.59 Å². The van der Waals surface area contributed by atoms with Crippen LogP contribution in [0.15, 0.2) is 47.3 Å². The molecular weight excluding hydrogens is 394 g/mol. The molecule has 164 valence electrons. The summed E-state index contributed by atoms with van der Waals surface area (Å²) in [6.45, 7) is 3.94. The number of aromatic amines is 1. The van der Waals surface area contributed by atoms with Crippen LogP contribution >= 0.6 is 0 Å². The van der Waals surface area contributed by atoms with Gasteiger partial charge in [0.1, 0.15) is 0 Å². The Morgan fingerprint density at radius 1 is 1.13 bits per heavy atom. The molecule has 1 N–H and O–H groups in total. The molecule has 0 unspecified atom stereocenters. The zero-order valence-corrected chi connectivity index (χ0v) is 18.1. The van der Waals surface area contributed by atoms with Crippen molar-refractivity contribution in [3.63, 3.8) is 0 Å². The summed E-state index contributed by atoms with van der Waals surface area (Å²) in [5.41, 5.74) is 2.26. The van der Waals surface area contributed by atoms with Crippen LogP contribution in [0, 0.1) is 0 Å². The molecule has 1 saturated heterocycles. The minimum absolute atomic E-state index is 0.0249. The third kappa shape index (κ3) is 4.31. The first-order chi connectivity index (χ1) is 15.1. The van der Waals surface area contributed by atoms with Gasteiger partial charge in [0.2, 0.25) is 0 Å². The summed E-state index contributed by atoms with van der Waals surface area (Å²) < 4.78 is 13.0. The van der Waals surface area contributed by atoms with Crippen molar-refractivity contribution in [1.29, 1.82) is 0 Å². The van der Waals surface area contributed by atoms with Gasteiger partial charge in [-0.25, -0.2) is 4.79 Å². The predicted octanol–water partition coefficient (Wildman–Crippen LogP) is 3.99. The summed E-state index contributed by atoms with van der Waals surface area (Å²) in [7, 11) is 1.58. The molecule has 2 aromatic carbocycles. The summed E-state index contributed by atoms with van der Waals surface area (Å²) in [4.78, 5) is 30.3. The van der Waals surface area contributed by atoms with Gasteiger partial charge in [0.15, 0.2) is 11.5 Å². The Morgan fingerprint density at radius 3 is 2.65 bits per heavy atom. The molecule has 4 rings (SSSR count). The molecule has 0 atom stereocenters. The van der Waals surface area contributed by atoms with Crippen LogP contribution in [0.5, 0.6) is 11.5 Å². The third-order valence-electron chi connectivity index (χ3n) is 5.91. The normalized spacial score (nSPS) is 14.7. The molecule has 1 amide bonds. The zero-order valence-electron chi connectivity index (χ0n) is 18.1. The van der Waals surface area contributed by atoms with Gasteiger partial charge in [-0.15, -0.1) is 0 Å². The number of carbonyl (C=O) groups is 1. The Balaban J connectivity index is 1.44.